The second kappa shape index (κ2) is 5.01. The van der Waals surface area contributed by atoms with Crippen molar-refractivity contribution in [3.63, 3.8) is 0 Å². The van der Waals surface area contributed by atoms with Crippen LogP contribution < -0.4 is 4.74 Å². The maximum atomic E-state index is 10.7. The zero-order chi connectivity index (χ0) is 10.4. The van der Waals surface area contributed by atoms with E-state index in [4.69, 9.17) is 4.74 Å². The van der Waals surface area contributed by atoms with E-state index < -0.39 is 5.97 Å². The Morgan fingerprint density at radius 2 is 2.14 bits per heavy atom. The molecule has 0 aliphatic heterocycles. The summed E-state index contributed by atoms with van der Waals surface area (Å²) in [5.74, 6) is -0.0113. The van der Waals surface area contributed by atoms with Crippen LogP contribution in [0.4, 0.5) is 0 Å². The van der Waals surface area contributed by atoms with Gasteiger partial charge in [0, 0.05) is 12.5 Å². The molecule has 4 heteroatoms. The van der Waals surface area contributed by atoms with Crippen LogP contribution in [-0.4, -0.2) is 12.4 Å². The van der Waals surface area contributed by atoms with Gasteiger partial charge in [0.15, 0.2) is 0 Å². The minimum absolute atomic E-state index is 0.0486. The van der Waals surface area contributed by atoms with Crippen LogP contribution in [0.1, 0.15) is 12.5 Å². The molecule has 0 aliphatic carbocycles. The first-order valence-corrected chi connectivity index (χ1v) is 3.99. The highest BCUT2D eigenvalue weighted by Crippen LogP contribution is 2.18. The molecule has 0 bridgehead atoms. The van der Waals surface area contributed by atoms with Crippen molar-refractivity contribution in [2.75, 3.05) is 0 Å². The SMILES string of the molecule is CC(=O)Oc1ccccc1CO[C]=O. The molecule has 4 nitrogen and oxygen atoms in total. The summed E-state index contributed by atoms with van der Waals surface area (Å²) < 4.78 is 9.34. The van der Waals surface area contributed by atoms with E-state index in [1.165, 1.54) is 13.4 Å². The molecule has 0 saturated carbocycles. The van der Waals surface area contributed by atoms with Gasteiger partial charge in [0.1, 0.15) is 12.4 Å². The molecule has 0 N–H and O–H groups in total. The van der Waals surface area contributed by atoms with Crippen LogP contribution in [-0.2, 0) is 20.9 Å². The van der Waals surface area contributed by atoms with Crippen molar-refractivity contribution in [2.45, 2.75) is 13.5 Å². The molecule has 0 atom stereocenters. The summed E-state index contributed by atoms with van der Waals surface area (Å²) in [7, 11) is 0. The molecule has 0 amide bonds. The van der Waals surface area contributed by atoms with Gasteiger partial charge in [0.05, 0.1) is 0 Å². The van der Waals surface area contributed by atoms with Gasteiger partial charge >= 0.3 is 12.4 Å². The number of carbonyl (C=O) groups excluding carboxylic acids is 2. The Morgan fingerprint density at radius 3 is 2.79 bits per heavy atom. The van der Waals surface area contributed by atoms with E-state index in [9.17, 15) is 9.59 Å². The highest BCUT2D eigenvalue weighted by Gasteiger charge is 2.05. The monoisotopic (exact) mass is 193 g/mol. The number of hydrogen-bond acceptors (Lipinski definition) is 4. The van der Waals surface area contributed by atoms with Gasteiger partial charge in [-0.2, -0.15) is 0 Å². The average molecular weight is 193 g/mol. The smallest absolute Gasteiger partial charge is 0.417 e. The first-order chi connectivity index (χ1) is 6.74. The molecule has 1 rings (SSSR count). The number of para-hydroxylation sites is 1. The van der Waals surface area contributed by atoms with Gasteiger partial charge in [-0.15, -0.1) is 0 Å². The summed E-state index contributed by atoms with van der Waals surface area (Å²) in [6.07, 6.45) is 0. The van der Waals surface area contributed by atoms with Crippen LogP contribution in [0.3, 0.4) is 0 Å². The Morgan fingerprint density at radius 1 is 1.43 bits per heavy atom. The normalized spacial score (nSPS) is 9.21. The van der Waals surface area contributed by atoms with E-state index in [0.29, 0.717) is 11.3 Å². The highest BCUT2D eigenvalue weighted by molar-refractivity contribution is 5.69. The molecule has 73 valence electrons. The quantitative estimate of drug-likeness (QED) is 0.532. The van der Waals surface area contributed by atoms with E-state index in [-0.39, 0.29) is 6.61 Å². The number of rotatable bonds is 4. The Balaban J connectivity index is 2.79. The Bertz CT molecular complexity index is 333. The second-order valence-electron chi connectivity index (χ2n) is 2.57. The lowest BCUT2D eigenvalue weighted by molar-refractivity contribution is -0.131. The van der Waals surface area contributed by atoms with Crippen molar-refractivity contribution >= 4 is 12.4 Å². The van der Waals surface area contributed by atoms with Gasteiger partial charge in [0.25, 0.3) is 0 Å². The summed E-state index contributed by atoms with van der Waals surface area (Å²) in [6.45, 7) is 2.66. The predicted octanol–water partition coefficient (Wildman–Crippen LogP) is 1.20. The molecule has 1 radical (unpaired) electrons. The summed E-state index contributed by atoms with van der Waals surface area (Å²) >= 11 is 0. The van der Waals surface area contributed by atoms with Gasteiger partial charge in [-0.05, 0) is 6.07 Å². The third-order valence-corrected chi connectivity index (χ3v) is 1.51. The van der Waals surface area contributed by atoms with E-state index in [1.54, 1.807) is 24.3 Å². The molecule has 0 spiro atoms. The second-order valence-corrected chi connectivity index (χ2v) is 2.57. The molecule has 0 heterocycles. The van der Waals surface area contributed by atoms with E-state index in [1.807, 2.05) is 0 Å². The lowest BCUT2D eigenvalue weighted by Crippen LogP contribution is -2.04. The Hall–Kier alpha value is -1.84. The molecule has 1 aromatic carbocycles. The fraction of sp³-hybridized carbons (Fsp3) is 0.200. The van der Waals surface area contributed by atoms with Crippen LogP contribution in [0.5, 0.6) is 5.75 Å². The third kappa shape index (κ3) is 2.90. The molecule has 0 unspecified atom stereocenters. The van der Waals surface area contributed by atoms with Crippen molar-refractivity contribution in [3.8, 4) is 5.75 Å². The molecule has 0 fully saturated rings. The minimum Gasteiger partial charge on any atom is -0.452 e. The largest absolute Gasteiger partial charge is 0.452 e. The predicted molar refractivity (Wildman–Crippen MR) is 48.2 cm³/mol. The zero-order valence-electron chi connectivity index (χ0n) is 7.65. The van der Waals surface area contributed by atoms with Crippen molar-refractivity contribution in [1.29, 1.82) is 0 Å². The topological polar surface area (TPSA) is 52.6 Å². The number of esters is 1. The van der Waals surface area contributed by atoms with Crippen LogP contribution in [0.2, 0.25) is 0 Å². The molecule has 0 saturated heterocycles. The third-order valence-electron chi connectivity index (χ3n) is 1.51. The van der Waals surface area contributed by atoms with Gasteiger partial charge in [-0.25, -0.2) is 4.79 Å². The van der Waals surface area contributed by atoms with Crippen molar-refractivity contribution in [1.82, 2.24) is 0 Å². The molecule has 14 heavy (non-hydrogen) atoms. The summed E-state index contributed by atoms with van der Waals surface area (Å²) in [6, 6.07) is 6.82. The van der Waals surface area contributed by atoms with Gasteiger partial charge in [-0.3, -0.25) is 4.79 Å². The van der Waals surface area contributed by atoms with Crippen LogP contribution in [0.25, 0.3) is 0 Å². The molecule has 0 aromatic heterocycles. The minimum atomic E-state index is -0.410. The fourth-order valence-corrected chi connectivity index (χ4v) is 0.985. The van der Waals surface area contributed by atoms with Crippen LogP contribution >= 0.6 is 0 Å². The molecule has 0 aliphatic rings. The first-order valence-electron chi connectivity index (χ1n) is 3.99. The van der Waals surface area contributed by atoms with Crippen molar-refractivity contribution in [2.24, 2.45) is 0 Å². The van der Waals surface area contributed by atoms with E-state index >= 15 is 0 Å². The summed E-state index contributed by atoms with van der Waals surface area (Å²) in [5, 5.41) is 0. The molecular weight excluding hydrogens is 184 g/mol. The standard InChI is InChI=1S/C10H9O4/c1-8(12)14-10-5-3-2-4-9(10)6-13-7-11/h2-5H,6H2,1H3. The zero-order valence-corrected chi connectivity index (χ0v) is 7.65. The number of benzene rings is 1. The van der Waals surface area contributed by atoms with Crippen LogP contribution in [0.15, 0.2) is 24.3 Å². The maximum Gasteiger partial charge on any atom is 0.417 e. The molecule has 1 aromatic rings. The maximum absolute atomic E-state index is 10.7. The van der Waals surface area contributed by atoms with Crippen molar-refractivity contribution < 1.29 is 19.1 Å². The average Bonchev–Trinajstić information content (AvgIpc) is 2.16. The number of ether oxygens (including phenoxy) is 2. The summed E-state index contributed by atoms with van der Waals surface area (Å²) in [4.78, 5) is 20.6. The van der Waals surface area contributed by atoms with E-state index in [0.717, 1.165) is 0 Å². The highest BCUT2D eigenvalue weighted by atomic mass is 16.5. The van der Waals surface area contributed by atoms with Gasteiger partial charge in [-0.1, -0.05) is 18.2 Å². The first kappa shape index (κ1) is 10.2. The van der Waals surface area contributed by atoms with Gasteiger partial charge < -0.3 is 9.47 Å². The lowest BCUT2D eigenvalue weighted by atomic mass is 10.2. The number of hydrogen-bond donors (Lipinski definition) is 0. The Labute approximate surface area is 81.4 Å². The van der Waals surface area contributed by atoms with Crippen LogP contribution in [0, 0.1) is 0 Å². The van der Waals surface area contributed by atoms with Crippen molar-refractivity contribution in [3.05, 3.63) is 29.8 Å². The lowest BCUT2D eigenvalue weighted by Gasteiger charge is -2.06. The molecular formula is C10H9O4. The Kier molecular flexibility index (Phi) is 3.67. The summed E-state index contributed by atoms with van der Waals surface area (Å²) in [5.41, 5.74) is 0.631. The van der Waals surface area contributed by atoms with Gasteiger partial charge in [0.2, 0.25) is 0 Å². The number of carbonyl (C=O) groups is 1. The fourth-order valence-electron chi connectivity index (χ4n) is 0.985. The van der Waals surface area contributed by atoms with E-state index in [2.05, 4.69) is 4.74 Å².